The summed E-state index contributed by atoms with van der Waals surface area (Å²) < 4.78 is 17.9. The molecule has 12 atom stereocenters. The van der Waals surface area contributed by atoms with E-state index in [9.17, 15) is 57.5 Å². The molecular formula is C85H135N11O15S. The molecule has 1 aliphatic rings. The number of carbonyl (C=O) groups excluding carboxylic acids is 12. The molecular weight excluding hydrogens is 1450 g/mol. The number of alkyl carbamates (subject to hydrolysis) is 1. The summed E-state index contributed by atoms with van der Waals surface area (Å²) in [5.74, 6) is -7.19. The van der Waals surface area contributed by atoms with Crippen LogP contribution in [-0.2, 0) is 75.2 Å². The van der Waals surface area contributed by atoms with Crippen molar-refractivity contribution in [2.75, 3.05) is 46.2 Å². The number of nitrogens with zero attached hydrogens (tertiary/aromatic N) is 3. The van der Waals surface area contributed by atoms with Gasteiger partial charge >= 0.3 is 12.1 Å². The maximum atomic E-state index is 14.9. The number of hydrogen-bond acceptors (Lipinski definition) is 19. The molecule has 1 saturated heterocycles. The number of amides is 8. The second kappa shape index (κ2) is 45.3. The Kier molecular flexibility index (Phi) is 39.0. The van der Waals surface area contributed by atoms with Crippen LogP contribution >= 0.6 is 11.3 Å². The standard InChI is InChI=1S/C85H135N11O15S/c1-21-54(6)73(67(109-19)50-71(102)96-43-28-33-64(96)74(110-20)55(7)65(97)47-60(78-89-42-44-112-78)45-56-29-23-22-24-30-56)95(18)79(106)62(52(2)3)49-69(100)85(16,17)94-81(108)111-51-57-34-36-61(37-35-57)91-76(104)58(32-27-41-90-80(86)107)46-66(98)72(53(4)5)92-77(105)59(48-68(99)84(14,15)87)31-25-26-40-88-70(101)39-38-63(93-83(11,12)13)75(103)82(8,9)10/h22-24,29-30,34-37,42,44,52-55,58-60,62-64,67,72-74,93H,21,25-28,31-33,38-41,43,45-51,87H2,1-20H3,(H,88,101)(H,91,104)(H,92,105)(H,94,108)(H3,86,90,107)/t54-,55-,58+,59+,60+,62-,63+,64-,67+,72-,73-,74+/m0/s1. The zero-order valence-corrected chi connectivity index (χ0v) is 71.4. The van der Waals surface area contributed by atoms with Crippen molar-refractivity contribution in [2.45, 2.75) is 286 Å². The van der Waals surface area contributed by atoms with Gasteiger partial charge in [0, 0.05) is 131 Å². The highest BCUT2D eigenvalue weighted by Crippen LogP contribution is 2.35. The molecule has 8 amide bonds. The van der Waals surface area contributed by atoms with E-state index in [4.69, 9.17) is 25.7 Å². The lowest BCUT2D eigenvalue weighted by Gasteiger charge is -2.41. The van der Waals surface area contributed by atoms with Gasteiger partial charge in [0.1, 0.15) is 12.4 Å². The Morgan fingerprint density at radius 2 is 1.34 bits per heavy atom. The largest absolute Gasteiger partial charge is 0.445 e. The molecule has 0 aliphatic carbocycles. The molecule has 1 aromatic heterocycles. The molecule has 2 aromatic carbocycles. The van der Waals surface area contributed by atoms with Crippen LogP contribution in [0.4, 0.5) is 15.3 Å². The van der Waals surface area contributed by atoms with E-state index in [0.717, 1.165) is 17.0 Å². The van der Waals surface area contributed by atoms with Gasteiger partial charge in [0.2, 0.25) is 29.5 Å². The average molecular weight is 1580 g/mol. The number of unbranched alkanes of at least 4 members (excludes halogenated alkanes) is 1. The Morgan fingerprint density at radius 1 is 0.705 bits per heavy atom. The Labute approximate surface area is 670 Å². The minimum Gasteiger partial charge on any atom is -0.445 e. The fourth-order valence-corrected chi connectivity index (χ4v) is 15.2. The summed E-state index contributed by atoms with van der Waals surface area (Å²) in [5.41, 5.74) is 9.79. The zero-order chi connectivity index (χ0) is 84.2. The molecule has 626 valence electrons. The lowest BCUT2D eigenvalue weighted by atomic mass is 9.83. The summed E-state index contributed by atoms with van der Waals surface area (Å²) >= 11 is 1.53. The minimum absolute atomic E-state index is 0.0138. The smallest absolute Gasteiger partial charge is 0.408 e. The fourth-order valence-electron chi connectivity index (χ4n) is 14.5. The number of rotatable bonds is 49. The van der Waals surface area contributed by atoms with Gasteiger partial charge in [-0.15, -0.1) is 11.3 Å². The number of carbonyl (C=O) groups is 12. The molecule has 0 spiro atoms. The van der Waals surface area contributed by atoms with Gasteiger partial charge in [0.25, 0.3) is 0 Å². The highest BCUT2D eigenvalue weighted by atomic mass is 32.1. The van der Waals surface area contributed by atoms with Crippen LogP contribution in [0.3, 0.4) is 0 Å². The van der Waals surface area contributed by atoms with Gasteiger partial charge in [0.15, 0.2) is 23.1 Å². The first-order valence-electron chi connectivity index (χ1n) is 40.1. The molecule has 2 heterocycles. The highest BCUT2D eigenvalue weighted by molar-refractivity contribution is 7.09. The summed E-state index contributed by atoms with van der Waals surface area (Å²) in [4.78, 5) is 174. The summed E-state index contributed by atoms with van der Waals surface area (Å²) in [6.45, 7) is 31.4. The number of methoxy groups -OCH3 is 2. The molecule has 4 rings (SSSR count). The highest BCUT2D eigenvalue weighted by Gasteiger charge is 2.45. The maximum Gasteiger partial charge on any atom is 0.408 e. The van der Waals surface area contributed by atoms with E-state index in [1.54, 1.807) is 77.2 Å². The SMILES string of the molecule is CC[C@H](C)[C@@H]([C@@H](CC(=O)N1CCC[C@H]1[C@H](OC)[C@@H](C)C(=O)C[C@@H](Cc1ccccc1)c1nccs1)OC)N(C)C(=O)[C@@H](CC(=O)C(C)(C)NC(=O)OCc1ccc(NC(=O)[C@H](CCCNC(N)=O)CC(=O)[C@@H](NC(=O)[C@H](CCCCNC(=O)CC[C@@H](NC(C)(C)C)C(=O)C(C)(C)C)CC(=O)C(C)(C)N)C(C)C)cc1)C(C)C. The van der Waals surface area contributed by atoms with Gasteiger partial charge in [-0.05, 0) is 141 Å². The summed E-state index contributed by atoms with van der Waals surface area (Å²) in [5, 5.41) is 20.0. The van der Waals surface area contributed by atoms with Gasteiger partial charge in [0.05, 0.1) is 58.9 Å². The number of nitrogens with one attached hydrogen (secondary N) is 6. The number of thiazole rings is 1. The molecule has 1 aliphatic heterocycles. The second-order valence-corrected chi connectivity index (χ2v) is 35.5. The Hall–Kier alpha value is -7.85. The molecule has 10 N–H and O–H groups in total. The van der Waals surface area contributed by atoms with Crippen LogP contribution in [0.2, 0.25) is 0 Å². The number of primary amides is 1. The fraction of sp³-hybridized carbons (Fsp3) is 0.682. The summed E-state index contributed by atoms with van der Waals surface area (Å²) in [6, 6.07) is 13.2. The summed E-state index contributed by atoms with van der Waals surface area (Å²) in [7, 11) is 4.79. The number of likely N-dealkylation sites (tertiary alicyclic amines) is 1. The van der Waals surface area contributed by atoms with Crippen LogP contribution in [-0.4, -0.2) is 179 Å². The lowest BCUT2D eigenvalue weighted by molar-refractivity contribution is -0.149. The van der Waals surface area contributed by atoms with Gasteiger partial charge in [-0.1, -0.05) is 125 Å². The number of ketones is 5. The number of ether oxygens (including phenoxy) is 3. The van der Waals surface area contributed by atoms with E-state index in [1.807, 2.05) is 105 Å². The molecule has 0 bridgehead atoms. The first kappa shape index (κ1) is 96.5. The normalized spacial score (nSPS) is 16.5. The number of Topliss-reactive ketones (excluding diaryl/α,β-unsaturated/α-hetero) is 5. The number of benzene rings is 2. The first-order chi connectivity index (χ1) is 52.3. The number of anilines is 1. The third-order valence-corrected chi connectivity index (χ3v) is 22.4. The van der Waals surface area contributed by atoms with Crippen LogP contribution in [0.25, 0.3) is 0 Å². The van der Waals surface area contributed by atoms with Gasteiger partial charge in [-0.2, -0.15) is 0 Å². The molecule has 1 fully saturated rings. The zero-order valence-electron chi connectivity index (χ0n) is 70.6. The number of nitrogens with two attached hydrogens (primary N) is 2. The predicted octanol–water partition coefficient (Wildman–Crippen LogP) is 11.1. The topological polar surface area (TPSA) is 376 Å². The van der Waals surface area contributed by atoms with Crippen LogP contribution in [0.1, 0.15) is 236 Å². The van der Waals surface area contributed by atoms with E-state index >= 15 is 0 Å². The average Bonchev–Trinajstić information content (AvgIpc) is 1.40. The number of aromatic nitrogens is 1. The molecule has 0 unspecified atom stereocenters. The quantitative estimate of drug-likeness (QED) is 0.0243. The molecule has 26 nitrogen and oxygen atoms in total. The molecule has 27 heteroatoms. The third kappa shape index (κ3) is 31.5. The first-order valence-corrected chi connectivity index (χ1v) is 40.9. The van der Waals surface area contributed by atoms with Gasteiger partial charge in [-0.25, -0.2) is 14.6 Å². The Balaban J connectivity index is 1.38. The number of hydrogen-bond donors (Lipinski definition) is 8. The van der Waals surface area contributed by atoms with E-state index in [1.165, 1.54) is 32.3 Å². The minimum atomic E-state index is -1.50. The Bertz CT molecular complexity index is 3550. The molecule has 3 aromatic rings. The third-order valence-electron chi connectivity index (χ3n) is 21.5. The van der Waals surface area contributed by atoms with E-state index < -0.39 is 112 Å². The number of likely N-dealkylation sites (N-methyl/N-ethyl adjacent to an activating group) is 1. The maximum absolute atomic E-state index is 14.9. The predicted molar refractivity (Wildman–Crippen MR) is 436 cm³/mol. The van der Waals surface area contributed by atoms with Crippen molar-refractivity contribution in [3.63, 3.8) is 0 Å². The summed E-state index contributed by atoms with van der Waals surface area (Å²) in [6.07, 6.45) is 3.67. The van der Waals surface area contributed by atoms with Crippen molar-refractivity contribution in [1.82, 2.24) is 41.4 Å². The van der Waals surface area contributed by atoms with Crippen LogP contribution in [0.5, 0.6) is 0 Å². The van der Waals surface area contributed by atoms with Crippen LogP contribution in [0, 0.1) is 46.8 Å². The number of urea groups is 1. The van der Waals surface area contributed by atoms with Crippen molar-refractivity contribution in [2.24, 2.45) is 58.3 Å². The lowest BCUT2D eigenvalue weighted by Crippen LogP contribution is -2.55. The van der Waals surface area contributed by atoms with E-state index in [0.29, 0.717) is 62.9 Å². The van der Waals surface area contributed by atoms with Crippen molar-refractivity contribution in [1.29, 1.82) is 0 Å². The monoisotopic (exact) mass is 1580 g/mol. The van der Waals surface area contributed by atoms with Crippen molar-refractivity contribution < 1.29 is 71.7 Å². The van der Waals surface area contributed by atoms with Crippen LogP contribution in [0.15, 0.2) is 66.2 Å². The van der Waals surface area contributed by atoms with Crippen LogP contribution < -0.4 is 43.4 Å². The van der Waals surface area contributed by atoms with Crippen molar-refractivity contribution >= 4 is 87.6 Å². The second-order valence-electron chi connectivity index (χ2n) is 34.5. The van der Waals surface area contributed by atoms with E-state index in [2.05, 4.69) is 49.0 Å². The van der Waals surface area contributed by atoms with Gasteiger partial charge < -0.3 is 67.4 Å². The van der Waals surface area contributed by atoms with Crippen molar-refractivity contribution in [3.05, 3.63) is 82.3 Å². The molecule has 0 saturated carbocycles. The Morgan fingerprint density at radius 3 is 1.90 bits per heavy atom. The van der Waals surface area contributed by atoms with Crippen molar-refractivity contribution in [3.8, 4) is 0 Å². The molecule has 112 heavy (non-hydrogen) atoms. The van der Waals surface area contributed by atoms with E-state index in [-0.39, 0.29) is 135 Å². The molecule has 0 radical (unpaired) electrons. The van der Waals surface area contributed by atoms with Gasteiger partial charge in [-0.3, -0.25) is 47.9 Å².